The van der Waals surface area contributed by atoms with Gasteiger partial charge >= 0.3 is 156 Å². The number of benzene rings is 3. The topological polar surface area (TPSA) is 27.7 Å². The van der Waals surface area contributed by atoms with Gasteiger partial charge in [0.2, 0.25) is 0 Å². The van der Waals surface area contributed by atoms with E-state index >= 15 is 0 Å². The van der Waals surface area contributed by atoms with Crippen LogP contribution in [0.3, 0.4) is 0 Å². The molecule has 0 unspecified atom stereocenters. The molecule has 5 heteroatoms. The Bertz CT molecular complexity index is 623. The van der Waals surface area contributed by atoms with Gasteiger partial charge < -0.3 is 0 Å². The third-order valence-corrected chi connectivity index (χ3v) is 5.38. The summed E-state index contributed by atoms with van der Waals surface area (Å²) in [6.45, 7) is 1.54. The van der Waals surface area contributed by atoms with Gasteiger partial charge in [0.25, 0.3) is 0 Å². The maximum absolute atomic E-state index is 5.99. The van der Waals surface area contributed by atoms with Crippen LogP contribution in [-0.2, 0) is 48.8 Å². The van der Waals surface area contributed by atoms with Crippen molar-refractivity contribution in [3.05, 3.63) is 108 Å². The van der Waals surface area contributed by atoms with Gasteiger partial charge in [-0.15, -0.1) is 12.4 Å². The van der Waals surface area contributed by atoms with Crippen LogP contribution < -0.4 is 0 Å². The van der Waals surface area contributed by atoms with E-state index in [1.807, 2.05) is 91.0 Å². The van der Waals surface area contributed by atoms with E-state index in [1.54, 1.807) is 0 Å². The molecule has 135 valence electrons. The van der Waals surface area contributed by atoms with Gasteiger partial charge in [0.1, 0.15) is 0 Å². The molecule has 0 saturated carbocycles. The molecule has 3 rings (SSSR count). The zero-order valence-electron chi connectivity index (χ0n) is 14.4. The number of hydrogen-bond donors (Lipinski definition) is 0. The minimum atomic E-state index is -2.55. The molecule has 0 fully saturated rings. The summed E-state index contributed by atoms with van der Waals surface area (Å²) < 4.78 is 18.0. The van der Waals surface area contributed by atoms with Crippen molar-refractivity contribution in [3.8, 4) is 0 Å². The van der Waals surface area contributed by atoms with Crippen LogP contribution in [0.15, 0.2) is 91.0 Å². The summed E-state index contributed by atoms with van der Waals surface area (Å²) in [7, 11) is 0. The van der Waals surface area contributed by atoms with Gasteiger partial charge in [-0.1, -0.05) is 0 Å². The maximum atomic E-state index is 5.99. The normalized spacial score (nSPS) is 10.2. The molecule has 3 nitrogen and oxygen atoms in total. The molecule has 26 heavy (non-hydrogen) atoms. The number of halogens is 1. The summed E-state index contributed by atoms with van der Waals surface area (Å²) in [5.74, 6) is 0. The SMILES string of the molecule is Cl.c1ccc(C[O][Ti]([O]Cc2ccccc2)[O]Cc2ccccc2)cc1. The molecule has 0 amide bonds. The van der Waals surface area contributed by atoms with Crippen molar-refractivity contribution < 1.29 is 29.0 Å². The molecular formula is C21H22ClO3Ti. The van der Waals surface area contributed by atoms with Crippen molar-refractivity contribution in [2.24, 2.45) is 0 Å². The van der Waals surface area contributed by atoms with Gasteiger partial charge in [-0.2, -0.15) is 0 Å². The molecule has 0 heterocycles. The molecule has 0 radical (unpaired) electrons. The van der Waals surface area contributed by atoms with Crippen molar-refractivity contribution in [2.45, 2.75) is 19.8 Å². The Hall–Kier alpha value is -1.46. The molecular weight excluding hydrogens is 384 g/mol. The average Bonchev–Trinajstić information content (AvgIpc) is 2.70. The Morgan fingerprint density at radius 2 is 0.731 bits per heavy atom. The quantitative estimate of drug-likeness (QED) is 0.445. The second-order valence-corrected chi connectivity index (χ2v) is 7.71. The van der Waals surface area contributed by atoms with Crippen LogP contribution in [0.2, 0.25) is 0 Å². The first kappa shape index (κ1) is 20.9. The molecule has 3 aromatic rings. The first-order chi connectivity index (χ1) is 12.4. The first-order valence-corrected chi connectivity index (χ1v) is 10.2. The van der Waals surface area contributed by atoms with Crippen LogP contribution in [-0.4, -0.2) is 0 Å². The Morgan fingerprint density at radius 3 is 1.00 bits per heavy atom. The van der Waals surface area contributed by atoms with Crippen molar-refractivity contribution in [1.29, 1.82) is 0 Å². The van der Waals surface area contributed by atoms with Crippen LogP contribution in [0.4, 0.5) is 0 Å². The van der Waals surface area contributed by atoms with E-state index in [1.165, 1.54) is 0 Å². The zero-order chi connectivity index (χ0) is 17.2. The second-order valence-electron chi connectivity index (χ2n) is 5.57. The van der Waals surface area contributed by atoms with Crippen molar-refractivity contribution >= 4 is 12.4 Å². The average molecular weight is 406 g/mol. The molecule has 0 atom stereocenters. The monoisotopic (exact) mass is 405 g/mol. The first-order valence-electron chi connectivity index (χ1n) is 8.27. The molecule has 0 aliphatic heterocycles. The fourth-order valence-corrected chi connectivity index (χ4v) is 4.00. The molecule has 0 aliphatic rings. The molecule has 0 aliphatic carbocycles. The molecule has 0 N–H and O–H groups in total. The summed E-state index contributed by atoms with van der Waals surface area (Å²) in [5.41, 5.74) is 3.37. The van der Waals surface area contributed by atoms with E-state index in [2.05, 4.69) is 0 Å². The second kappa shape index (κ2) is 12.0. The van der Waals surface area contributed by atoms with Crippen LogP contribution >= 0.6 is 12.4 Å². The van der Waals surface area contributed by atoms with E-state index in [0.717, 1.165) is 16.7 Å². The van der Waals surface area contributed by atoms with E-state index in [9.17, 15) is 0 Å². The summed E-state index contributed by atoms with van der Waals surface area (Å²) in [6.07, 6.45) is 0. The molecule has 0 spiro atoms. The number of rotatable bonds is 9. The van der Waals surface area contributed by atoms with E-state index in [4.69, 9.17) is 9.96 Å². The van der Waals surface area contributed by atoms with E-state index in [-0.39, 0.29) is 12.4 Å². The van der Waals surface area contributed by atoms with Gasteiger partial charge in [0.05, 0.1) is 0 Å². The van der Waals surface area contributed by atoms with E-state index in [0.29, 0.717) is 19.8 Å². The predicted molar refractivity (Wildman–Crippen MR) is 101 cm³/mol. The number of hydrogen-bond acceptors (Lipinski definition) is 3. The van der Waals surface area contributed by atoms with E-state index < -0.39 is 19.0 Å². The molecule has 0 saturated heterocycles. The fourth-order valence-electron chi connectivity index (χ4n) is 2.27. The Balaban J connectivity index is 0.00000243. The van der Waals surface area contributed by atoms with Gasteiger partial charge in [-0.25, -0.2) is 0 Å². The Morgan fingerprint density at radius 1 is 0.462 bits per heavy atom. The Labute approximate surface area is 168 Å². The van der Waals surface area contributed by atoms with Crippen LogP contribution in [0, 0.1) is 0 Å². The minimum absolute atomic E-state index is 0. The summed E-state index contributed by atoms with van der Waals surface area (Å²) in [4.78, 5) is 0. The molecule has 3 aromatic carbocycles. The summed E-state index contributed by atoms with van der Waals surface area (Å²) in [6, 6.07) is 30.3. The predicted octanol–water partition coefficient (Wildman–Crippen LogP) is 5.42. The third kappa shape index (κ3) is 7.42. The third-order valence-electron chi connectivity index (χ3n) is 3.60. The van der Waals surface area contributed by atoms with Crippen molar-refractivity contribution in [1.82, 2.24) is 0 Å². The van der Waals surface area contributed by atoms with Crippen molar-refractivity contribution in [3.63, 3.8) is 0 Å². The van der Waals surface area contributed by atoms with Gasteiger partial charge in [-0.05, 0) is 0 Å². The zero-order valence-corrected chi connectivity index (χ0v) is 16.8. The summed E-state index contributed by atoms with van der Waals surface area (Å²) >= 11 is -2.55. The van der Waals surface area contributed by atoms with Gasteiger partial charge in [-0.3, -0.25) is 0 Å². The molecule has 0 bridgehead atoms. The molecule has 0 aromatic heterocycles. The fraction of sp³-hybridized carbons (Fsp3) is 0.143. The Kier molecular flexibility index (Phi) is 9.64. The standard InChI is InChI=1S/3C7H7O.ClH.Ti/c3*8-6-7-4-2-1-3-5-7;;/h3*1-5H,6H2;1H;/q3*-1;;+3. The van der Waals surface area contributed by atoms with Gasteiger partial charge in [0, 0.05) is 0 Å². The van der Waals surface area contributed by atoms with Gasteiger partial charge in [0.15, 0.2) is 0 Å². The van der Waals surface area contributed by atoms with Crippen LogP contribution in [0.1, 0.15) is 16.7 Å². The van der Waals surface area contributed by atoms with Crippen LogP contribution in [0.25, 0.3) is 0 Å². The van der Waals surface area contributed by atoms with Crippen LogP contribution in [0.5, 0.6) is 0 Å². The summed E-state index contributed by atoms with van der Waals surface area (Å²) in [5, 5.41) is 0. The van der Waals surface area contributed by atoms with Crippen molar-refractivity contribution in [2.75, 3.05) is 0 Å².